The van der Waals surface area contributed by atoms with Crippen LogP contribution in [0, 0.1) is 0 Å². The van der Waals surface area contributed by atoms with Gasteiger partial charge in [-0.3, -0.25) is 9.59 Å². The predicted octanol–water partition coefficient (Wildman–Crippen LogP) is 2.88. The highest BCUT2D eigenvalue weighted by atomic mass is 16.5. The average Bonchev–Trinajstić information content (AvgIpc) is 2.54. The molecule has 0 aliphatic rings. The topological polar surface area (TPSA) is 92.7 Å². The molecule has 24 heavy (non-hydrogen) atoms. The van der Waals surface area contributed by atoms with Crippen molar-refractivity contribution in [3.63, 3.8) is 0 Å². The van der Waals surface area contributed by atoms with Crippen molar-refractivity contribution >= 4 is 23.5 Å². The first-order valence-electron chi connectivity index (χ1n) is 7.35. The zero-order valence-electron chi connectivity index (χ0n) is 13.1. The van der Waals surface area contributed by atoms with Crippen molar-refractivity contribution in [1.82, 2.24) is 0 Å². The van der Waals surface area contributed by atoms with Crippen molar-refractivity contribution in [2.75, 3.05) is 5.32 Å². The summed E-state index contributed by atoms with van der Waals surface area (Å²) >= 11 is 0. The number of carboxylic acids is 1. The number of rotatable bonds is 6. The van der Waals surface area contributed by atoms with E-state index < -0.39 is 11.9 Å². The van der Waals surface area contributed by atoms with E-state index in [4.69, 9.17) is 4.74 Å². The van der Waals surface area contributed by atoms with Crippen LogP contribution in [-0.4, -0.2) is 23.0 Å². The van der Waals surface area contributed by atoms with E-state index in [2.05, 4.69) is 5.32 Å². The molecule has 1 amide bonds. The van der Waals surface area contributed by atoms with Crippen molar-refractivity contribution < 1.29 is 24.2 Å². The number of anilines is 1. The maximum absolute atomic E-state index is 12.0. The highest BCUT2D eigenvalue weighted by molar-refractivity contribution is 6.01. The van der Waals surface area contributed by atoms with Crippen molar-refractivity contribution in [2.24, 2.45) is 0 Å². The van der Waals surface area contributed by atoms with Gasteiger partial charge in [-0.05, 0) is 30.2 Å². The molecule has 0 saturated heterocycles. The van der Waals surface area contributed by atoms with Gasteiger partial charge in [-0.1, -0.05) is 30.3 Å². The van der Waals surface area contributed by atoms with Crippen LogP contribution in [0.5, 0.6) is 5.75 Å². The lowest BCUT2D eigenvalue weighted by atomic mass is 10.1. The van der Waals surface area contributed by atoms with Gasteiger partial charge < -0.3 is 15.2 Å². The highest BCUT2D eigenvalue weighted by Crippen LogP contribution is 2.23. The number of amides is 1. The predicted molar refractivity (Wildman–Crippen MR) is 88.1 cm³/mol. The summed E-state index contributed by atoms with van der Waals surface area (Å²) in [7, 11) is 0. The van der Waals surface area contributed by atoms with Crippen LogP contribution in [0.15, 0.2) is 48.5 Å². The third kappa shape index (κ3) is 4.95. The fraction of sp³-hybridized carbons (Fsp3) is 0.167. The van der Waals surface area contributed by atoms with Crippen LogP contribution in [-0.2, 0) is 16.0 Å². The maximum atomic E-state index is 12.0. The minimum absolute atomic E-state index is 0.113. The SMILES string of the molecule is CC(=O)Oc1ccc(NC(=O)CCc2ccccc2)c(C(=O)O)c1. The number of ether oxygens (including phenoxy) is 1. The number of aryl methyl sites for hydroxylation is 1. The third-order valence-electron chi connectivity index (χ3n) is 3.24. The number of hydrogen-bond acceptors (Lipinski definition) is 4. The van der Waals surface area contributed by atoms with E-state index in [9.17, 15) is 19.5 Å². The molecule has 2 aromatic rings. The fourth-order valence-electron chi connectivity index (χ4n) is 2.15. The van der Waals surface area contributed by atoms with Crippen LogP contribution in [0.3, 0.4) is 0 Å². The van der Waals surface area contributed by atoms with Crippen LogP contribution >= 0.6 is 0 Å². The van der Waals surface area contributed by atoms with E-state index in [1.165, 1.54) is 25.1 Å². The van der Waals surface area contributed by atoms with Gasteiger partial charge in [-0.15, -0.1) is 0 Å². The maximum Gasteiger partial charge on any atom is 0.337 e. The Morgan fingerprint density at radius 1 is 1.08 bits per heavy atom. The van der Waals surface area contributed by atoms with Crippen molar-refractivity contribution in [3.05, 3.63) is 59.7 Å². The summed E-state index contributed by atoms with van der Waals surface area (Å²) in [4.78, 5) is 34.3. The summed E-state index contributed by atoms with van der Waals surface area (Å²) in [6.07, 6.45) is 0.787. The Labute approximate surface area is 139 Å². The van der Waals surface area contributed by atoms with Crippen LogP contribution in [0.25, 0.3) is 0 Å². The molecule has 2 aromatic carbocycles. The number of carboxylic acid groups (broad SMARTS) is 1. The van der Waals surface area contributed by atoms with Crippen molar-refractivity contribution in [2.45, 2.75) is 19.8 Å². The first-order valence-corrected chi connectivity index (χ1v) is 7.35. The van der Waals surface area contributed by atoms with Crippen molar-refractivity contribution in [1.29, 1.82) is 0 Å². The Hall–Kier alpha value is -3.15. The standard InChI is InChI=1S/C18H17NO5/c1-12(20)24-14-8-9-16(15(11-14)18(22)23)19-17(21)10-7-13-5-3-2-4-6-13/h2-6,8-9,11H,7,10H2,1H3,(H,19,21)(H,22,23). The second-order valence-electron chi connectivity index (χ2n) is 5.14. The summed E-state index contributed by atoms with van der Waals surface area (Å²) in [6.45, 7) is 1.22. The van der Waals surface area contributed by atoms with Gasteiger partial charge in [0, 0.05) is 13.3 Å². The zero-order valence-corrected chi connectivity index (χ0v) is 13.1. The molecule has 124 valence electrons. The number of benzene rings is 2. The van der Waals surface area contributed by atoms with Crippen LogP contribution in [0.2, 0.25) is 0 Å². The van der Waals surface area contributed by atoms with E-state index in [-0.39, 0.29) is 29.3 Å². The molecule has 0 atom stereocenters. The Morgan fingerprint density at radius 2 is 1.79 bits per heavy atom. The molecule has 2 rings (SSSR count). The Bertz CT molecular complexity index is 755. The summed E-state index contributed by atoms with van der Waals surface area (Å²) in [5.74, 6) is -1.95. The van der Waals surface area contributed by atoms with E-state index in [0.29, 0.717) is 6.42 Å². The van der Waals surface area contributed by atoms with Crippen LogP contribution < -0.4 is 10.1 Å². The van der Waals surface area contributed by atoms with Gasteiger partial charge in [-0.2, -0.15) is 0 Å². The van der Waals surface area contributed by atoms with Gasteiger partial charge in [0.25, 0.3) is 0 Å². The van der Waals surface area contributed by atoms with Gasteiger partial charge in [0.05, 0.1) is 11.3 Å². The molecule has 0 aliphatic heterocycles. The minimum Gasteiger partial charge on any atom is -0.478 e. The molecule has 0 heterocycles. The van der Waals surface area contributed by atoms with E-state index in [1.807, 2.05) is 30.3 Å². The first kappa shape index (κ1) is 17.2. The molecule has 0 aliphatic carbocycles. The molecule has 0 unspecified atom stereocenters. The monoisotopic (exact) mass is 327 g/mol. The minimum atomic E-state index is -1.22. The van der Waals surface area contributed by atoms with Crippen molar-refractivity contribution in [3.8, 4) is 5.75 Å². The van der Waals surface area contributed by atoms with E-state index >= 15 is 0 Å². The van der Waals surface area contributed by atoms with E-state index in [0.717, 1.165) is 5.56 Å². The number of carbonyl (C=O) groups is 3. The molecule has 0 aromatic heterocycles. The average molecular weight is 327 g/mol. The summed E-state index contributed by atoms with van der Waals surface area (Å²) < 4.78 is 4.86. The molecule has 0 bridgehead atoms. The molecule has 6 heteroatoms. The Morgan fingerprint density at radius 3 is 2.42 bits per heavy atom. The van der Waals surface area contributed by atoms with Crippen LogP contribution in [0.4, 0.5) is 5.69 Å². The van der Waals surface area contributed by atoms with Crippen LogP contribution in [0.1, 0.15) is 29.3 Å². The molecule has 6 nitrogen and oxygen atoms in total. The molecule has 0 saturated carbocycles. The highest BCUT2D eigenvalue weighted by Gasteiger charge is 2.14. The van der Waals surface area contributed by atoms with Gasteiger partial charge >= 0.3 is 11.9 Å². The molecule has 0 radical (unpaired) electrons. The summed E-state index contributed by atoms with van der Waals surface area (Å²) in [6, 6.07) is 13.6. The van der Waals surface area contributed by atoms with Gasteiger partial charge in [0.1, 0.15) is 5.75 Å². The van der Waals surface area contributed by atoms with Gasteiger partial charge in [-0.25, -0.2) is 4.79 Å². The molecule has 0 fully saturated rings. The lowest BCUT2D eigenvalue weighted by Crippen LogP contribution is -2.15. The summed E-state index contributed by atoms with van der Waals surface area (Å²) in [5, 5.41) is 11.8. The smallest absolute Gasteiger partial charge is 0.337 e. The number of hydrogen-bond donors (Lipinski definition) is 2. The largest absolute Gasteiger partial charge is 0.478 e. The number of aromatic carboxylic acids is 1. The number of nitrogens with one attached hydrogen (secondary N) is 1. The second-order valence-corrected chi connectivity index (χ2v) is 5.14. The lowest BCUT2D eigenvalue weighted by Gasteiger charge is -2.10. The Kier molecular flexibility index (Phi) is 5.68. The molecular weight excluding hydrogens is 310 g/mol. The second kappa shape index (κ2) is 7.92. The third-order valence-corrected chi connectivity index (χ3v) is 3.24. The zero-order chi connectivity index (χ0) is 17.5. The molecular formula is C18H17NO5. The van der Waals surface area contributed by atoms with Gasteiger partial charge in [0.2, 0.25) is 5.91 Å². The first-order chi connectivity index (χ1) is 11.5. The number of esters is 1. The normalized spacial score (nSPS) is 10.0. The Balaban J connectivity index is 2.06. The van der Waals surface area contributed by atoms with E-state index in [1.54, 1.807) is 0 Å². The molecule has 0 spiro atoms. The molecule has 2 N–H and O–H groups in total. The number of carbonyl (C=O) groups excluding carboxylic acids is 2. The lowest BCUT2D eigenvalue weighted by molar-refractivity contribution is -0.131. The summed E-state index contributed by atoms with van der Waals surface area (Å²) in [5.41, 5.74) is 1.05. The van der Waals surface area contributed by atoms with Gasteiger partial charge in [0.15, 0.2) is 0 Å². The quantitative estimate of drug-likeness (QED) is 0.628. The fourth-order valence-corrected chi connectivity index (χ4v) is 2.15.